The van der Waals surface area contributed by atoms with E-state index in [1.165, 1.54) is 48.5 Å². The molecule has 2 amide bonds. The lowest BCUT2D eigenvalue weighted by Gasteiger charge is -2.20. The summed E-state index contributed by atoms with van der Waals surface area (Å²) in [6, 6.07) is 23.3. The van der Waals surface area contributed by atoms with Gasteiger partial charge in [-0.1, -0.05) is 91.8 Å². The molecular weight excluding hydrogens is 608 g/mol. The fourth-order valence-electron chi connectivity index (χ4n) is 5.23. The fourth-order valence-corrected chi connectivity index (χ4v) is 5.23. The number of nitrogens with one attached hydrogen (secondary N) is 2. The smallest absolute Gasteiger partial charge is 0.269 e. The van der Waals surface area contributed by atoms with E-state index in [-0.39, 0.29) is 46.9 Å². The zero-order valence-corrected chi connectivity index (χ0v) is 28.7. The minimum absolute atomic E-state index is 0.0306. The number of benzene rings is 4. The average Bonchev–Trinajstić information content (AvgIpc) is 3.04. The van der Waals surface area contributed by atoms with Crippen LogP contribution in [0, 0.1) is 20.2 Å². The maximum Gasteiger partial charge on any atom is 0.269 e. The topological polar surface area (TPSA) is 144 Å². The summed E-state index contributed by atoms with van der Waals surface area (Å²) in [4.78, 5) is 45.6. The average molecular weight is 653 g/mol. The van der Waals surface area contributed by atoms with Gasteiger partial charge in [-0.05, 0) is 70.2 Å². The quantitative estimate of drug-likeness (QED) is 0.129. The molecule has 10 heteroatoms. The van der Waals surface area contributed by atoms with Crippen molar-refractivity contribution in [3.63, 3.8) is 0 Å². The number of amides is 2. The molecule has 0 radical (unpaired) electrons. The number of nitro benzene ring substituents is 2. The van der Waals surface area contributed by atoms with E-state index in [0.29, 0.717) is 11.1 Å². The van der Waals surface area contributed by atoms with Crippen LogP contribution in [0.3, 0.4) is 0 Å². The molecule has 0 aliphatic carbocycles. The van der Waals surface area contributed by atoms with Crippen molar-refractivity contribution in [2.45, 2.75) is 79.1 Å². The van der Waals surface area contributed by atoms with Crippen molar-refractivity contribution in [1.82, 2.24) is 0 Å². The van der Waals surface area contributed by atoms with Gasteiger partial charge in [0.25, 0.3) is 23.2 Å². The van der Waals surface area contributed by atoms with Gasteiger partial charge in [-0.25, -0.2) is 0 Å². The molecule has 0 saturated heterocycles. The molecule has 0 aromatic heterocycles. The lowest BCUT2D eigenvalue weighted by atomic mass is 9.92. The molecule has 0 atom stereocenters. The maximum absolute atomic E-state index is 12.6. The standard InChI is InChI=1S/2C19H22N2O3/c2*1-12(2)16-6-5-7-17(13(3)4)18(16)20-19(22)14-8-10-15(11-9-14)21(23)24/h2*5-13H,1-4H3,(H,20,22). The van der Waals surface area contributed by atoms with Crippen molar-refractivity contribution in [3.05, 3.63) is 139 Å². The number of anilines is 2. The Morgan fingerprint density at radius 2 is 0.729 bits per heavy atom. The van der Waals surface area contributed by atoms with Crippen LogP contribution in [-0.4, -0.2) is 21.7 Å². The molecule has 0 aliphatic heterocycles. The van der Waals surface area contributed by atoms with Crippen molar-refractivity contribution >= 4 is 34.6 Å². The summed E-state index contributed by atoms with van der Waals surface area (Å²) in [6.45, 7) is 16.7. The largest absolute Gasteiger partial charge is 0.321 e. The Morgan fingerprint density at radius 1 is 0.479 bits per heavy atom. The molecule has 0 spiro atoms. The van der Waals surface area contributed by atoms with Gasteiger partial charge in [0.1, 0.15) is 0 Å². The van der Waals surface area contributed by atoms with Crippen molar-refractivity contribution in [2.75, 3.05) is 10.6 Å². The van der Waals surface area contributed by atoms with Gasteiger partial charge in [-0.15, -0.1) is 0 Å². The summed E-state index contributed by atoms with van der Waals surface area (Å²) in [7, 11) is 0. The molecule has 48 heavy (non-hydrogen) atoms. The summed E-state index contributed by atoms with van der Waals surface area (Å²) in [5, 5.41) is 27.4. The van der Waals surface area contributed by atoms with Crippen LogP contribution in [0.5, 0.6) is 0 Å². The van der Waals surface area contributed by atoms with Gasteiger partial charge in [0, 0.05) is 46.8 Å². The number of nitrogens with zero attached hydrogens (tertiary/aromatic N) is 2. The first-order valence-corrected chi connectivity index (χ1v) is 16.0. The molecule has 0 unspecified atom stereocenters. The van der Waals surface area contributed by atoms with Gasteiger partial charge < -0.3 is 10.6 Å². The highest BCUT2D eigenvalue weighted by atomic mass is 16.6. The molecule has 4 aromatic carbocycles. The van der Waals surface area contributed by atoms with E-state index in [1.54, 1.807) is 0 Å². The first kappa shape index (κ1) is 37.1. The molecule has 252 valence electrons. The van der Waals surface area contributed by atoms with Crippen molar-refractivity contribution in [2.24, 2.45) is 0 Å². The normalized spacial score (nSPS) is 10.9. The maximum atomic E-state index is 12.6. The number of carbonyl (C=O) groups excluding carboxylic acids is 2. The molecule has 2 N–H and O–H groups in total. The van der Waals surface area contributed by atoms with E-state index < -0.39 is 9.85 Å². The molecule has 0 heterocycles. The highest BCUT2D eigenvalue weighted by Crippen LogP contribution is 2.34. The number of para-hydroxylation sites is 2. The second-order valence-electron chi connectivity index (χ2n) is 12.8. The monoisotopic (exact) mass is 652 g/mol. The lowest BCUT2D eigenvalue weighted by Crippen LogP contribution is -2.16. The molecular formula is C38H44N4O6. The molecule has 0 saturated carbocycles. The van der Waals surface area contributed by atoms with Crippen molar-refractivity contribution in [1.29, 1.82) is 0 Å². The number of rotatable bonds is 10. The zero-order chi connectivity index (χ0) is 35.7. The molecule has 0 bridgehead atoms. The minimum atomic E-state index is -0.480. The highest BCUT2D eigenvalue weighted by molar-refractivity contribution is 6.06. The van der Waals surface area contributed by atoms with Gasteiger partial charge in [0.15, 0.2) is 0 Å². The van der Waals surface area contributed by atoms with Crippen LogP contribution in [-0.2, 0) is 0 Å². The van der Waals surface area contributed by atoms with Crippen LogP contribution >= 0.6 is 0 Å². The number of hydrogen-bond acceptors (Lipinski definition) is 6. The van der Waals surface area contributed by atoms with Crippen LogP contribution in [0.4, 0.5) is 22.7 Å². The molecule has 4 aromatic rings. The Bertz CT molecular complexity index is 1580. The van der Waals surface area contributed by atoms with E-state index >= 15 is 0 Å². The summed E-state index contributed by atoms with van der Waals surface area (Å²) < 4.78 is 0. The second-order valence-corrected chi connectivity index (χ2v) is 12.8. The lowest BCUT2D eigenvalue weighted by molar-refractivity contribution is -0.385. The van der Waals surface area contributed by atoms with Gasteiger partial charge in [-0.3, -0.25) is 29.8 Å². The summed E-state index contributed by atoms with van der Waals surface area (Å²) in [5.74, 6) is 0.568. The molecule has 10 nitrogen and oxygen atoms in total. The number of hydrogen-bond donors (Lipinski definition) is 2. The van der Waals surface area contributed by atoms with Crippen LogP contribution in [0.1, 0.15) is 122 Å². The first-order chi connectivity index (χ1) is 22.6. The third kappa shape index (κ3) is 9.34. The zero-order valence-electron chi connectivity index (χ0n) is 28.7. The Labute approximate surface area is 281 Å². The van der Waals surface area contributed by atoms with Crippen LogP contribution < -0.4 is 10.6 Å². The predicted octanol–water partition coefficient (Wildman–Crippen LogP) is 10.2. The van der Waals surface area contributed by atoms with Gasteiger partial charge >= 0.3 is 0 Å². The van der Waals surface area contributed by atoms with E-state index in [9.17, 15) is 29.8 Å². The van der Waals surface area contributed by atoms with E-state index in [4.69, 9.17) is 0 Å². The summed E-state index contributed by atoms with van der Waals surface area (Å²) >= 11 is 0. The molecule has 0 aliphatic rings. The Morgan fingerprint density at radius 3 is 0.938 bits per heavy atom. The predicted molar refractivity (Wildman–Crippen MR) is 191 cm³/mol. The SMILES string of the molecule is CC(C)c1cccc(C(C)C)c1NC(=O)c1ccc([N+](=O)[O-])cc1.CC(C)c1cccc(C(C)C)c1NC(=O)c1ccc([N+](=O)[O-])cc1. The van der Waals surface area contributed by atoms with E-state index in [2.05, 4.69) is 66.0 Å². The minimum Gasteiger partial charge on any atom is -0.321 e. The van der Waals surface area contributed by atoms with Gasteiger partial charge in [0.05, 0.1) is 9.85 Å². The van der Waals surface area contributed by atoms with Crippen molar-refractivity contribution < 1.29 is 19.4 Å². The third-order valence-electron chi connectivity index (χ3n) is 7.90. The van der Waals surface area contributed by atoms with Crippen LogP contribution in [0.15, 0.2) is 84.9 Å². The Balaban J connectivity index is 0.000000260. The summed E-state index contributed by atoms with van der Waals surface area (Å²) in [6.07, 6.45) is 0. The van der Waals surface area contributed by atoms with E-state index in [1.807, 2.05) is 36.4 Å². The number of nitro groups is 2. The Hall–Kier alpha value is -5.38. The number of carbonyl (C=O) groups is 2. The van der Waals surface area contributed by atoms with Crippen molar-refractivity contribution in [3.8, 4) is 0 Å². The highest BCUT2D eigenvalue weighted by Gasteiger charge is 2.19. The fraction of sp³-hybridized carbons (Fsp3) is 0.316. The third-order valence-corrected chi connectivity index (χ3v) is 7.90. The summed E-state index contributed by atoms with van der Waals surface area (Å²) in [5.41, 5.74) is 6.73. The molecule has 4 rings (SSSR count). The second kappa shape index (κ2) is 16.4. The van der Waals surface area contributed by atoms with Crippen LogP contribution in [0.2, 0.25) is 0 Å². The van der Waals surface area contributed by atoms with Gasteiger partial charge in [0.2, 0.25) is 0 Å². The molecule has 0 fully saturated rings. The number of non-ortho nitro benzene ring substituents is 2. The van der Waals surface area contributed by atoms with Crippen LogP contribution in [0.25, 0.3) is 0 Å². The first-order valence-electron chi connectivity index (χ1n) is 16.0. The Kier molecular flexibility index (Phi) is 12.7. The van der Waals surface area contributed by atoms with E-state index in [0.717, 1.165) is 33.6 Å². The van der Waals surface area contributed by atoms with Gasteiger partial charge in [-0.2, -0.15) is 0 Å².